The summed E-state index contributed by atoms with van der Waals surface area (Å²) in [5, 5.41) is 2.97. The van der Waals surface area contributed by atoms with Gasteiger partial charge in [-0.15, -0.1) is 0 Å². The third kappa shape index (κ3) is 7.31. The minimum absolute atomic E-state index is 0.0574. The van der Waals surface area contributed by atoms with Crippen LogP contribution in [-0.4, -0.2) is 57.2 Å². The minimum atomic E-state index is 0.0574. The molecule has 0 unspecified atom stereocenters. The third-order valence-corrected chi connectivity index (χ3v) is 4.73. The van der Waals surface area contributed by atoms with Gasteiger partial charge in [-0.3, -0.25) is 9.59 Å². The van der Waals surface area contributed by atoms with E-state index in [1.807, 2.05) is 38.1 Å². The van der Waals surface area contributed by atoms with Crippen LogP contribution in [0.2, 0.25) is 0 Å². The number of hydrogen-bond acceptors (Lipinski definition) is 5. The third-order valence-electron chi connectivity index (χ3n) is 4.73. The number of benzene rings is 1. The molecule has 1 heterocycles. The monoisotopic (exact) mass is 376 g/mol. The first kappa shape index (κ1) is 21.4. The topological polar surface area (TPSA) is 67.9 Å². The van der Waals surface area contributed by atoms with Gasteiger partial charge >= 0.3 is 0 Å². The minimum Gasteiger partial charge on any atom is -0.377 e. The zero-order chi connectivity index (χ0) is 19.6. The van der Waals surface area contributed by atoms with E-state index in [0.717, 1.165) is 37.2 Å². The van der Waals surface area contributed by atoms with Crippen molar-refractivity contribution >= 4 is 17.4 Å². The lowest BCUT2D eigenvalue weighted by Gasteiger charge is -2.33. The summed E-state index contributed by atoms with van der Waals surface area (Å²) in [6, 6.07) is 7.69. The number of nitrogens with one attached hydrogen (secondary N) is 1. The van der Waals surface area contributed by atoms with E-state index in [-0.39, 0.29) is 23.7 Å². The van der Waals surface area contributed by atoms with Crippen molar-refractivity contribution in [2.45, 2.75) is 39.7 Å². The highest BCUT2D eigenvalue weighted by Crippen LogP contribution is 2.23. The van der Waals surface area contributed by atoms with Crippen LogP contribution >= 0.6 is 0 Å². The summed E-state index contributed by atoms with van der Waals surface area (Å²) in [4.78, 5) is 25.9. The Kier molecular flexibility index (Phi) is 8.75. The van der Waals surface area contributed by atoms with Crippen molar-refractivity contribution in [1.29, 1.82) is 0 Å². The van der Waals surface area contributed by atoms with E-state index in [1.165, 1.54) is 0 Å². The number of ether oxygens (including phenoxy) is 2. The fourth-order valence-corrected chi connectivity index (χ4v) is 3.14. The standard InChI is InChI=1S/C21H32N2O4/c1-16(2)27-15-14-26-13-10-22-21(25)19-8-11-23(12-9-19)20-6-4-18(5-7-20)17(3)24/h4-7,16,19H,8-15H2,1-3H3,(H,22,25). The van der Waals surface area contributed by atoms with Gasteiger partial charge in [0.2, 0.25) is 5.91 Å². The Morgan fingerprint density at radius 3 is 2.37 bits per heavy atom. The Bertz CT molecular complexity index is 593. The molecule has 0 bridgehead atoms. The molecule has 0 radical (unpaired) electrons. The van der Waals surface area contributed by atoms with Crippen molar-refractivity contribution in [2.24, 2.45) is 5.92 Å². The Labute approximate surface area is 162 Å². The molecule has 27 heavy (non-hydrogen) atoms. The molecule has 2 rings (SSSR count). The summed E-state index contributed by atoms with van der Waals surface area (Å²) in [5.41, 5.74) is 1.84. The van der Waals surface area contributed by atoms with Crippen molar-refractivity contribution in [2.75, 3.05) is 44.4 Å². The SMILES string of the molecule is CC(=O)c1ccc(N2CCC(C(=O)NCCOCCOC(C)C)CC2)cc1. The van der Waals surface area contributed by atoms with E-state index >= 15 is 0 Å². The molecule has 0 atom stereocenters. The Balaban J connectivity index is 1.63. The highest BCUT2D eigenvalue weighted by atomic mass is 16.5. The molecule has 1 N–H and O–H groups in total. The molecule has 1 aromatic carbocycles. The van der Waals surface area contributed by atoms with Crippen LogP contribution in [-0.2, 0) is 14.3 Å². The van der Waals surface area contributed by atoms with E-state index < -0.39 is 0 Å². The zero-order valence-electron chi connectivity index (χ0n) is 16.7. The molecule has 1 aliphatic heterocycles. The van der Waals surface area contributed by atoms with E-state index in [0.29, 0.717) is 26.4 Å². The maximum absolute atomic E-state index is 12.3. The van der Waals surface area contributed by atoms with E-state index in [9.17, 15) is 9.59 Å². The molecule has 1 saturated heterocycles. The summed E-state index contributed by atoms with van der Waals surface area (Å²) in [6.45, 7) is 9.43. The molecule has 1 aliphatic rings. The van der Waals surface area contributed by atoms with Crippen LogP contribution in [0.3, 0.4) is 0 Å². The first-order valence-corrected chi connectivity index (χ1v) is 9.80. The van der Waals surface area contributed by atoms with Crippen molar-refractivity contribution in [1.82, 2.24) is 5.32 Å². The Morgan fingerprint density at radius 1 is 1.11 bits per heavy atom. The fourth-order valence-electron chi connectivity index (χ4n) is 3.14. The average molecular weight is 376 g/mol. The van der Waals surface area contributed by atoms with Gasteiger partial charge < -0.3 is 19.7 Å². The van der Waals surface area contributed by atoms with E-state index in [2.05, 4.69) is 10.2 Å². The predicted molar refractivity (Wildman–Crippen MR) is 106 cm³/mol. The number of rotatable bonds is 10. The van der Waals surface area contributed by atoms with Crippen LogP contribution in [0, 0.1) is 5.92 Å². The number of ketones is 1. The lowest BCUT2D eigenvalue weighted by atomic mass is 9.95. The van der Waals surface area contributed by atoms with Crippen LogP contribution in [0.15, 0.2) is 24.3 Å². The van der Waals surface area contributed by atoms with Crippen LogP contribution < -0.4 is 10.2 Å². The summed E-state index contributed by atoms with van der Waals surface area (Å²) in [5.74, 6) is 0.249. The molecule has 0 aromatic heterocycles. The van der Waals surface area contributed by atoms with Crippen molar-refractivity contribution in [3.63, 3.8) is 0 Å². The normalized spacial score (nSPS) is 15.2. The number of carbonyl (C=O) groups excluding carboxylic acids is 2. The van der Waals surface area contributed by atoms with Gasteiger partial charge in [-0.2, -0.15) is 0 Å². The maximum Gasteiger partial charge on any atom is 0.223 e. The van der Waals surface area contributed by atoms with Crippen molar-refractivity contribution < 1.29 is 19.1 Å². The Morgan fingerprint density at radius 2 is 1.78 bits per heavy atom. The van der Waals surface area contributed by atoms with Gasteiger partial charge in [0.05, 0.1) is 25.9 Å². The highest BCUT2D eigenvalue weighted by Gasteiger charge is 2.24. The zero-order valence-corrected chi connectivity index (χ0v) is 16.7. The number of anilines is 1. The van der Waals surface area contributed by atoms with Crippen molar-refractivity contribution in [3.05, 3.63) is 29.8 Å². The molecule has 1 amide bonds. The molecular weight excluding hydrogens is 344 g/mol. The lowest BCUT2D eigenvalue weighted by molar-refractivity contribution is -0.125. The molecule has 0 spiro atoms. The van der Waals surface area contributed by atoms with Gasteiger partial charge in [-0.05, 0) is 57.9 Å². The molecule has 0 saturated carbocycles. The van der Waals surface area contributed by atoms with E-state index in [1.54, 1.807) is 6.92 Å². The van der Waals surface area contributed by atoms with Crippen LogP contribution in [0.25, 0.3) is 0 Å². The maximum atomic E-state index is 12.3. The molecule has 150 valence electrons. The van der Waals surface area contributed by atoms with E-state index in [4.69, 9.17) is 9.47 Å². The molecule has 6 heteroatoms. The lowest BCUT2D eigenvalue weighted by Crippen LogP contribution is -2.41. The molecule has 1 aromatic rings. The summed E-state index contributed by atoms with van der Waals surface area (Å²) in [7, 11) is 0. The Hall–Kier alpha value is -1.92. The number of Topliss-reactive ketones (excluding diaryl/α,β-unsaturated/α-hetero) is 1. The second kappa shape index (κ2) is 11.0. The van der Waals surface area contributed by atoms with Gasteiger partial charge in [0.25, 0.3) is 0 Å². The molecular formula is C21H32N2O4. The van der Waals surface area contributed by atoms with Gasteiger partial charge in [-0.25, -0.2) is 0 Å². The number of nitrogens with zero attached hydrogens (tertiary/aromatic N) is 1. The number of carbonyl (C=O) groups is 2. The van der Waals surface area contributed by atoms with Crippen molar-refractivity contribution in [3.8, 4) is 0 Å². The average Bonchev–Trinajstić information content (AvgIpc) is 2.67. The molecule has 0 aliphatic carbocycles. The van der Waals surface area contributed by atoms with Gasteiger partial charge in [0.15, 0.2) is 5.78 Å². The summed E-state index contributed by atoms with van der Waals surface area (Å²) < 4.78 is 10.8. The number of amides is 1. The first-order valence-electron chi connectivity index (χ1n) is 9.80. The first-order chi connectivity index (χ1) is 13.0. The number of piperidine rings is 1. The predicted octanol–water partition coefficient (Wildman–Crippen LogP) is 2.66. The highest BCUT2D eigenvalue weighted by molar-refractivity contribution is 5.94. The summed E-state index contributed by atoms with van der Waals surface area (Å²) >= 11 is 0. The second-order valence-electron chi connectivity index (χ2n) is 7.19. The van der Waals surface area contributed by atoms with Gasteiger partial charge in [0.1, 0.15) is 0 Å². The quantitative estimate of drug-likeness (QED) is 0.502. The van der Waals surface area contributed by atoms with Gasteiger partial charge in [-0.1, -0.05) is 0 Å². The van der Waals surface area contributed by atoms with Gasteiger partial charge in [0, 0.05) is 36.8 Å². The summed E-state index contributed by atoms with van der Waals surface area (Å²) in [6.07, 6.45) is 1.89. The molecule has 1 fully saturated rings. The van der Waals surface area contributed by atoms with Crippen LogP contribution in [0.1, 0.15) is 44.0 Å². The fraction of sp³-hybridized carbons (Fsp3) is 0.619. The van der Waals surface area contributed by atoms with Crippen LogP contribution in [0.5, 0.6) is 0 Å². The number of hydrogen-bond donors (Lipinski definition) is 1. The van der Waals surface area contributed by atoms with Crippen LogP contribution in [0.4, 0.5) is 5.69 Å². The molecule has 6 nitrogen and oxygen atoms in total. The largest absolute Gasteiger partial charge is 0.377 e. The smallest absolute Gasteiger partial charge is 0.223 e. The second-order valence-corrected chi connectivity index (χ2v) is 7.19.